The fourth-order valence-corrected chi connectivity index (χ4v) is 3.80. The van der Waals surface area contributed by atoms with E-state index in [4.69, 9.17) is 4.74 Å². The Morgan fingerprint density at radius 1 is 0.885 bits per heavy atom. The molecule has 2 aromatic rings. The standard InChI is InChI=1S/C25H30O/c1-3-5-20-6-8-21(9-7-20)10-11-22-12-14-23(15-13-22)24-16-18-25(19-17-24)26-4-2/h6-9,16-19,22-23H,3-5,12-15H2,1-2H3. The predicted octanol–water partition coefficient (Wildman–Crippen LogP) is 6.36. The van der Waals surface area contributed by atoms with E-state index >= 15 is 0 Å². The SMILES string of the molecule is CCCc1ccc(C#CC2CCC(c3ccc(OCC)cc3)CC2)cc1. The lowest BCUT2D eigenvalue weighted by molar-refractivity contribution is 0.339. The smallest absolute Gasteiger partial charge is 0.119 e. The highest BCUT2D eigenvalue weighted by molar-refractivity contribution is 5.37. The van der Waals surface area contributed by atoms with Crippen LogP contribution in [0.2, 0.25) is 0 Å². The van der Waals surface area contributed by atoms with Gasteiger partial charge in [0.2, 0.25) is 0 Å². The van der Waals surface area contributed by atoms with Gasteiger partial charge in [-0.05, 0) is 80.3 Å². The van der Waals surface area contributed by atoms with Gasteiger partial charge in [-0.1, -0.05) is 49.5 Å². The molecule has 1 aliphatic carbocycles. The summed E-state index contributed by atoms with van der Waals surface area (Å²) in [7, 11) is 0. The van der Waals surface area contributed by atoms with Gasteiger partial charge in [0.1, 0.15) is 5.75 Å². The van der Waals surface area contributed by atoms with Crippen LogP contribution in [0, 0.1) is 17.8 Å². The summed E-state index contributed by atoms with van der Waals surface area (Å²) in [6, 6.07) is 17.5. The molecule has 0 amide bonds. The van der Waals surface area contributed by atoms with Crippen LogP contribution >= 0.6 is 0 Å². The molecule has 0 aliphatic heterocycles. The van der Waals surface area contributed by atoms with E-state index < -0.39 is 0 Å². The van der Waals surface area contributed by atoms with Crippen LogP contribution in [-0.2, 0) is 6.42 Å². The fraction of sp³-hybridized carbons (Fsp3) is 0.440. The van der Waals surface area contributed by atoms with Crippen molar-refractivity contribution in [3.63, 3.8) is 0 Å². The highest BCUT2D eigenvalue weighted by Crippen LogP contribution is 2.36. The molecular weight excluding hydrogens is 316 g/mol. The molecule has 0 heterocycles. The summed E-state index contributed by atoms with van der Waals surface area (Å²) >= 11 is 0. The third kappa shape index (κ3) is 5.15. The summed E-state index contributed by atoms with van der Waals surface area (Å²) in [5.41, 5.74) is 4.01. The molecule has 0 spiro atoms. The maximum absolute atomic E-state index is 5.54. The summed E-state index contributed by atoms with van der Waals surface area (Å²) < 4.78 is 5.54. The largest absolute Gasteiger partial charge is 0.494 e. The summed E-state index contributed by atoms with van der Waals surface area (Å²) in [6.07, 6.45) is 7.25. The summed E-state index contributed by atoms with van der Waals surface area (Å²) in [4.78, 5) is 0. The zero-order valence-corrected chi connectivity index (χ0v) is 16.1. The van der Waals surface area contributed by atoms with Gasteiger partial charge < -0.3 is 4.74 Å². The molecule has 1 saturated carbocycles. The second kappa shape index (κ2) is 9.48. The van der Waals surface area contributed by atoms with Crippen molar-refractivity contribution in [1.29, 1.82) is 0 Å². The Kier molecular flexibility index (Phi) is 6.78. The van der Waals surface area contributed by atoms with Gasteiger partial charge in [0.05, 0.1) is 6.61 Å². The van der Waals surface area contributed by atoms with Crippen LogP contribution in [0.1, 0.15) is 68.6 Å². The number of rotatable bonds is 5. The first-order chi connectivity index (χ1) is 12.8. The summed E-state index contributed by atoms with van der Waals surface area (Å²) in [6.45, 7) is 4.97. The monoisotopic (exact) mass is 346 g/mol. The quantitative estimate of drug-likeness (QED) is 0.572. The van der Waals surface area contributed by atoms with Crippen molar-refractivity contribution in [3.05, 3.63) is 65.2 Å². The Hall–Kier alpha value is -2.20. The van der Waals surface area contributed by atoms with E-state index in [0.717, 1.165) is 24.3 Å². The van der Waals surface area contributed by atoms with Crippen molar-refractivity contribution in [2.75, 3.05) is 6.61 Å². The second-order valence-electron chi connectivity index (χ2n) is 7.27. The fourth-order valence-electron chi connectivity index (χ4n) is 3.80. The minimum Gasteiger partial charge on any atom is -0.494 e. The van der Waals surface area contributed by atoms with Crippen LogP contribution in [0.25, 0.3) is 0 Å². The Morgan fingerprint density at radius 2 is 1.58 bits per heavy atom. The van der Waals surface area contributed by atoms with Crippen LogP contribution in [0.15, 0.2) is 48.5 Å². The molecule has 26 heavy (non-hydrogen) atoms. The maximum Gasteiger partial charge on any atom is 0.119 e. The first kappa shape index (κ1) is 18.6. The minimum absolute atomic E-state index is 0.546. The highest BCUT2D eigenvalue weighted by Gasteiger charge is 2.21. The third-order valence-corrected chi connectivity index (χ3v) is 5.30. The molecule has 0 saturated heterocycles. The average molecular weight is 347 g/mol. The lowest BCUT2D eigenvalue weighted by Gasteiger charge is -2.26. The molecule has 2 aromatic carbocycles. The van der Waals surface area contributed by atoms with E-state index in [9.17, 15) is 0 Å². The predicted molar refractivity (Wildman–Crippen MR) is 110 cm³/mol. The van der Waals surface area contributed by atoms with Crippen LogP contribution in [0.4, 0.5) is 0 Å². The molecule has 136 valence electrons. The van der Waals surface area contributed by atoms with Crippen LogP contribution < -0.4 is 4.74 Å². The average Bonchev–Trinajstić information content (AvgIpc) is 2.69. The number of hydrogen-bond acceptors (Lipinski definition) is 1. The maximum atomic E-state index is 5.54. The van der Waals surface area contributed by atoms with Crippen molar-refractivity contribution in [2.24, 2.45) is 5.92 Å². The Balaban J connectivity index is 1.52. The number of aryl methyl sites for hydroxylation is 1. The van der Waals surface area contributed by atoms with E-state index in [-0.39, 0.29) is 0 Å². The van der Waals surface area contributed by atoms with Gasteiger partial charge in [0.25, 0.3) is 0 Å². The van der Waals surface area contributed by atoms with Crippen molar-refractivity contribution in [2.45, 2.75) is 58.3 Å². The molecule has 3 rings (SSSR count). The third-order valence-electron chi connectivity index (χ3n) is 5.30. The van der Waals surface area contributed by atoms with Gasteiger partial charge in [0.15, 0.2) is 0 Å². The van der Waals surface area contributed by atoms with Gasteiger partial charge in [-0.2, -0.15) is 0 Å². The Bertz CT molecular complexity index is 722. The normalized spacial score (nSPS) is 19.5. The van der Waals surface area contributed by atoms with E-state index in [1.54, 1.807) is 0 Å². The summed E-state index contributed by atoms with van der Waals surface area (Å²) in [5, 5.41) is 0. The highest BCUT2D eigenvalue weighted by atomic mass is 16.5. The van der Waals surface area contributed by atoms with Crippen molar-refractivity contribution in [1.82, 2.24) is 0 Å². The topological polar surface area (TPSA) is 9.23 Å². The van der Waals surface area contributed by atoms with Gasteiger partial charge in [-0.3, -0.25) is 0 Å². The molecule has 0 bridgehead atoms. The van der Waals surface area contributed by atoms with Crippen molar-refractivity contribution >= 4 is 0 Å². The summed E-state index contributed by atoms with van der Waals surface area (Å²) in [5.74, 6) is 9.11. The van der Waals surface area contributed by atoms with Crippen LogP contribution in [0.3, 0.4) is 0 Å². The number of benzene rings is 2. The molecule has 1 heteroatoms. The molecular formula is C25H30O. The van der Waals surface area contributed by atoms with Crippen molar-refractivity contribution < 1.29 is 4.74 Å². The first-order valence-corrected chi connectivity index (χ1v) is 10.1. The second-order valence-corrected chi connectivity index (χ2v) is 7.27. The van der Waals surface area contributed by atoms with Gasteiger partial charge in [0, 0.05) is 11.5 Å². The van der Waals surface area contributed by atoms with Crippen LogP contribution in [-0.4, -0.2) is 6.61 Å². The van der Waals surface area contributed by atoms with E-state index in [1.807, 2.05) is 6.92 Å². The Labute approximate surface area is 158 Å². The molecule has 1 fully saturated rings. The number of hydrogen-bond donors (Lipinski definition) is 0. The first-order valence-electron chi connectivity index (χ1n) is 10.1. The molecule has 0 aromatic heterocycles. The van der Waals surface area contributed by atoms with E-state index in [0.29, 0.717) is 11.8 Å². The molecule has 0 unspecified atom stereocenters. The molecule has 1 nitrogen and oxygen atoms in total. The van der Waals surface area contributed by atoms with Gasteiger partial charge in [-0.15, -0.1) is 0 Å². The molecule has 1 aliphatic rings. The molecule has 0 atom stereocenters. The zero-order chi connectivity index (χ0) is 18.2. The van der Waals surface area contributed by atoms with Gasteiger partial charge >= 0.3 is 0 Å². The zero-order valence-electron chi connectivity index (χ0n) is 16.1. The molecule has 0 N–H and O–H groups in total. The molecule has 0 radical (unpaired) electrons. The minimum atomic E-state index is 0.546. The number of ether oxygens (including phenoxy) is 1. The lowest BCUT2D eigenvalue weighted by Crippen LogP contribution is -2.12. The Morgan fingerprint density at radius 3 is 2.19 bits per heavy atom. The van der Waals surface area contributed by atoms with Crippen molar-refractivity contribution in [3.8, 4) is 17.6 Å². The lowest BCUT2D eigenvalue weighted by atomic mass is 9.79. The van der Waals surface area contributed by atoms with Gasteiger partial charge in [-0.25, -0.2) is 0 Å². The van der Waals surface area contributed by atoms with E-state index in [1.165, 1.54) is 43.2 Å². The van der Waals surface area contributed by atoms with Crippen LogP contribution in [0.5, 0.6) is 5.75 Å². The van der Waals surface area contributed by atoms with E-state index in [2.05, 4.69) is 67.3 Å².